The van der Waals surface area contributed by atoms with Crippen LogP contribution in [0.5, 0.6) is 0 Å². The van der Waals surface area contributed by atoms with E-state index in [0.717, 1.165) is 46.8 Å². The molecule has 1 nitrogen and oxygen atoms in total. The Hall–Kier alpha value is -0.940. The lowest BCUT2D eigenvalue weighted by Gasteiger charge is -2.54. The summed E-state index contributed by atoms with van der Waals surface area (Å²) in [5.74, 6) is 0. The first-order chi connectivity index (χ1) is 11.9. The number of aliphatic hydroxyl groups is 1. The number of hydrogen-bond donors (Lipinski definition) is 1. The molecule has 0 aromatic heterocycles. The van der Waals surface area contributed by atoms with Crippen molar-refractivity contribution in [3.05, 3.63) is 101 Å². The van der Waals surface area contributed by atoms with E-state index in [9.17, 15) is 5.11 Å². The molecule has 0 aliphatic heterocycles. The molecule has 0 spiro atoms. The van der Waals surface area contributed by atoms with Crippen molar-refractivity contribution >= 4 is 47.8 Å². The van der Waals surface area contributed by atoms with Gasteiger partial charge in [-0.15, -0.1) is 0 Å². The predicted octanol–water partition coefficient (Wildman–Crippen LogP) is 6.24. The minimum atomic E-state index is -1.21. The van der Waals surface area contributed by atoms with Gasteiger partial charge in [0.1, 0.15) is 5.60 Å². The molecular weight excluding hydrogens is 508 g/mol. The lowest BCUT2D eigenvalue weighted by Crippen LogP contribution is -2.50. The Labute approximate surface area is 171 Å². The van der Waals surface area contributed by atoms with Crippen molar-refractivity contribution in [2.24, 2.45) is 0 Å². The topological polar surface area (TPSA) is 20.2 Å². The average molecular weight is 521 g/mol. The summed E-state index contributed by atoms with van der Waals surface area (Å²) in [7, 11) is 0. The Balaban J connectivity index is 2.10. The van der Waals surface area contributed by atoms with Crippen LogP contribution < -0.4 is 0 Å². The number of rotatable bonds is 0. The normalized spacial score (nSPS) is 25.3. The van der Waals surface area contributed by atoms with Crippen LogP contribution in [0.25, 0.3) is 0 Å². The molecule has 25 heavy (non-hydrogen) atoms. The Morgan fingerprint density at radius 3 is 1.28 bits per heavy atom. The standard InChI is InChI=1S/C21H13Br3O/c1-20-11-5-2-8-14(22)17(11)21(25,18-12(20)6-3-9-15(18)23)19-13(20)7-4-10-16(19)24/h2-10,25H,1H3. The fourth-order valence-corrected chi connectivity index (χ4v) is 6.70. The molecule has 4 heteroatoms. The highest BCUT2D eigenvalue weighted by Crippen LogP contribution is 2.64. The van der Waals surface area contributed by atoms with Crippen LogP contribution in [0.2, 0.25) is 0 Å². The third-order valence-electron chi connectivity index (χ3n) is 5.74. The third-order valence-corrected chi connectivity index (χ3v) is 7.72. The van der Waals surface area contributed by atoms with Gasteiger partial charge in [0, 0.05) is 35.5 Å². The molecule has 0 heterocycles. The molecule has 0 fully saturated rings. The first-order valence-electron chi connectivity index (χ1n) is 8.02. The molecule has 124 valence electrons. The molecule has 0 saturated heterocycles. The monoisotopic (exact) mass is 518 g/mol. The summed E-state index contributed by atoms with van der Waals surface area (Å²) >= 11 is 11.1. The van der Waals surface area contributed by atoms with Crippen molar-refractivity contribution in [3.63, 3.8) is 0 Å². The fraction of sp³-hybridized carbons (Fsp3) is 0.143. The lowest BCUT2D eigenvalue weighted by atomic mass is 9.52. The van der Waals surface area contributed by atoms with Crippen molar-refractivity contribution in [3.8, 4) is 0 Å². The summed E-state index contributed by atoms with van der Waals surface area (Å²) in [6.07, 6.45) is 0. The van der Waals surface area contributed by atoms with Crippen LogP contribution in [0.3, 0.4) is 0 Å². The maximum absolute atomic E-state index is 12.2. The maximum Gasteiger partial charge on any atom is 0.144 e. The van der Waals surface area contributed by atoms with Crippen molar-refractivity contribution in [1.82, 2.24) is 0 Å². The highest BCUT2D eigenvalue weighted by molar-refractivity contribution is 9.11. The number of hydrogen-bond acceptors (Lipinski definition) is 1. The molecule has 0 unspecified atom stereocenters. The summed E-state index contributed by atoms with van der Waals surface area (Å²) in [6, 6.07) is 18.6. The van der Waals surface area contributed by atoms with Crippen LogP contribution >= 0.6 is 47.8 Å². The average Bonchev–Trinajstić information content (AvgIpc) is 2.58. The summed E-state index contributed by atoms with van der Waals surface area (Å²) in [5.41, 5.74) is 4.76. The van der Waals surface area contributed by atoms with E-state index in [1.54, 1.807) is 0 Å². The van der Waals surface area contributed by atoms with E-state index in [-0.39, 0.29) is 5.41 Å². The Morgan fingerprint density at radius 1 is 0.640 bits per heavy atom. The molecule has 3 aromatic rings. The molecular formula is C21H13Br3O. The zero-order valence-electron chi connectivity index (χ0n) is 13.3. The third kappa shape index (κ3) is 1.72. The van der Waals surface area contributed by atoms with Crippen molar-refractivity contribution in [2.45, 2.75) is 17.9 Å². The smallest absolute Gasteiger partial charge is 0.144 e. The van der Waals surface area contributed by atoms with Gasteiger partial charge in [-0.3, -0.25) is 0 Å². The second-order valence-electron chi connectivity index (χ2n) is 6.82. The van der Waals surface area contributed by atoms with Crippen LogP contribution in [-0.2, 0) is 11.0 Å². The van der Waals surface area contributed by atoms with Gasteiger partial charge in [-0.2, -0.15) is 0 Å². The van der Waals surface area contributed by atoms with Crippen LogP contribution in [0.1, 0.15) is 40.3 Å². The fourth-order valence-electron chi connectivity index (χ4n) is 4.74. The summed E-state index contributed by atoms with van der Waals surface area (Å²) in [5, 5.41) is 12.2. The molecule has 3 aromatic carbocycles. The van der Waals surface area contributed by atoms with Crippen molar-refractivity contribution in [2.75, 3.05) is 0 Å². The number of halogens is 3. The maximum atomic E-state index is 12.2. The van der Waals surface area contributed by atoms with Crippen LogP contribution in [-0.4, -0.2) is 5.11 Å². The SMILES string of the molecule is CC12c3cccc(Br)c3C(O)(c3c(Br)cccc31)c1c(Br)cccc12. The molecule has 0 radical (unpaired) electrons. The van der Waals surface area contributed by atoms with E-state index in [2.05, 4.69) is 72.9 Å². The van der Waals surface area contributed by atoms with E-state index < -0.39 is 5.60 Å². The van der Waals surface area contributed by atoms with Gasteiger partial charge < -0.3 is 5.11 Å². The molecule has 6 rings (SSSR count). The van der Waals surface area contributed by atoms with Crippen LogP contribution in [0, 0.1) is 0 Å². The van der Waals surface area contributed by atoms with Gasteiger partial charge in [-0.25, -0.2) is 0 Å². The highest BCUT2D eigenvalue weighted by atomic mass is 79.9. The van der Waals surface area contributed by atoms with Gasteiger partial charge >= 0.3 is 0 Å². The first-order valence-corrected chi connectivity index (χ1v) is 10.4. The molecule has 0 atom stereocenters. The van der Waals surface area contributed by atoms with Gasteiger partial charge in [0.25, 0.3) is 0 Å². The van der Waals surface area contributed by atoms with Gasteiger partial charge in [0.05, 0.1) is 0 Å². The Kier molecular flexibility index (Phi) is 3.29. The largest absolute Gasteiger partial charge is 0.376 e. The molecule has 3 aliphatic rings. The first kappa shape index (κ1) is 16.2. The molecule has 0 amide bonds. The van der Waals surface area contributed by atoms with E-state index in [1.807, 2.05) is 36.4 Å². The molecule has 2 bridgehead atoms. The van der Waals surface area contributed by atoms with Crippen molar-refractivity contribution < 1.29 is 5.11 Å². The summed E-state index contributed by atoms with van der Waals surface area (Å²) < 4.78 is 2.80. The second-order valence-corrected chi connectivity index (χ2v) is 9.39. The molecule has 1 N–H and O–H groups in total. The highest BCUT2D eigenvalue weighted by Gasteiger charge is 2.58. The van der Waals surface area contributed by atoms with Gasteiger partial charge in [-0.1, -0.05) is 84.2 Å². The van der Waals surface area contributed by atoms with Gasteiger partial charge in [0.2, 0.25) is 0 Å². The van der Waals surface area contributed by atoms with Gasteiger partial charge in [-0.05, 0) is 41.8 Å². The summed E-state index contributed by atoms with van der Waals surface area (Å²) in [6.45, 7) is 2.26. The quantitative estimate of drug-likeness (QED) is 0.372. The minimum Gasteiger partial charge on any atom is -0.376 e. The van der Waals surface area contributed by atoms with Crippen LogP contribution in [0.15, 0.2) is 68.0 Å². The van der Waals surface area contributed by atoms with Crippen molar-refractivity contribution in [1.29, 1.82) is 0 Å². The van der Waals surface area contributed by atoms with Gasteiger partial charge in [0.15, 0.2) is 0 Å². The Bertz CT molecular complexity index is 938. The zero-order chi connectivity index (χ0) is 17.6. The lowest BCUT2D eigenvalue weighted by molar-refractivity contribution is 0.105. The predicted molar refractivity (Wildman–Crippen MR) is 110 cm³/mol. The second kappa shape index (κ2) is 5.07. The molecule has 0 saturated carbocycles. The Morgan fingerprint density at radius 2 is 0.960 bits per heavy atom. The minimum absolute atomic E-state index is 0.318. The van der Waals surface area contributed by atoms with E-state index in [4.69, 9.17) is 0 Å². The summed E-state index contributed by atoms with van der Waals surface area (Å²) in [4.78, 5) is 0. The number of benzene rings is 3. The zero-order valence-corrected chi connectivity index (χ0v) is 18.0. The van der Waals surface area contributed by atoms with Crippen LogP contribution in [0.4, 0.5) is 0 Å². The van der Waals surface area contributed by atoms with E-state index in [1.165, 1.54) is 0 Å². The molecule has 3 aliphatic carbocycles. The van der Waals surface area contributed by atoms with E-state index in [0.29, 0.717) is 0 Å². The van der Waals surface area contributed by atoms with E-state index >= 15 is 0 Å².